The van der Waals surface area contributed by atoms with Crippen molar-refractivity contribution in [1.29, 1.82) is 0 Å². The third kappa shape index (κ3) is 5.38. The van der Waals surface area contributed by atoms with Crippen LogP contribution in [0, 0.1) is 13.3 Å². The van der Waals surface area contributed by atoms with Crippen LogP contribution < -0.4 is 0 Å². The van der Waals surface area contributed by atoms with Gasteiger partial charge in [0.1, 0.15) is 6.35 Å². The minimum Gasteiger partial charge on any atom is -0.369 e. The van der Waals surface area contributed by atoms with E-state index in [1.54, 1.807) is 10.9 Å². The molecule has 8 nitrogen and oxygen atoms in total. The minimum absolute atomic E-state index is 0. The monoisotopic (exact) mass is 412 g/mol. The predicted molar refractivity (Wildman–Crippen MR) is 80.0 cm³/mol. The molecular formula is C13H16N4O4PY-. The summed E-state index contributed by atoms with van der Waals surface area (Å²) in [6.45, 7) is 9.60. The summed E-state index contributed by atoms with van der Waals surface area (Å²) < 4.78 is 17.8. The van der Waals surface area contributed by atoms with Gasteiger partial charge in [-0.25, -0.2) is 0 Å². The molecule has 0 bridgehead atoms. The first-order valence-electron chi connectivity index (χ1n) is 6.33. The van der Waals surface area contributed by atoms with Crippen molar-refractivity contribution in [3.05, 3.63) is 43.2 Å². The summed E-state index contributed by atoms with van der Waals surface area (Å²) in [5.74, 6) is 0. The maximum absolute atomic E-state index is 10.9. The molecule has 2 aromatic heterocycles. The maximum atomic E-state index is 10.9. The second-order valence-electron chi connectivity index (χ2n) is 4.73. The number of hydrogen-bond acceptors (Lipinski definition) is 5. The van der Waals surface area contributed by atoms with Gasteiger partial charge in [0.15, 0.2) is 0 Å². The molecule has 0 fully saturated rings. The second-order valence-corrected chi connectivity index (χ2v) is 6.32. The maximum Gasteiger partial charge on any atom is 0.351 e. The fraction of sp³-hybridized carbons (Fsp3) is 0.308. The van der Waals surface area contributed by atoms with Gasteiger partial charge in [-0.15, -0.1) is 6.58 Å². The molecule has 0 saturated carbocycles. The van der Waals surface area contributed by atoms with E-state index in [-0.39, 0.29) is 32.7 Å². The van der Waals surface area contributed by atoms with Crippen molar-refractivity contribution in [2.75, 3.05) is 6.35 Å². The Morgan fingerprint density at radius 2 is 2.26 bits per heavy atom. The van der Waals surface area contributed by atoms with Crippen LogP contribution in [0.4, 0.5) is 0 Å². The Morgan fingerprint density at radius 1 is 1.57 bits per heavy atom. The molecule has 0 unspecified atom stereocenters. The van der Waals surface area contributed by atoms with E-state index in [4.69, 9.17) is 14.5 Å². The van der Waals surface area contributed by atoms with Gasteiger partial charge in [-0.05, 0) is 11.3 Å². The second kappa shape index (κ2) is 8.37. The van der Waals surface area contributed by atoms with Crippen LogP contribution >= 0.6 is 7.60 Å². The first-order valence-corrected chi connectivity index (χ1v) is 8.13. The quantitative estimate of drug-likeness (QED) is 0.400. The van der Waals surface area contributed by atoms with E-state index in [1.165, 1.54) is 6.08 Å². The van der Waals surface area contributed by atoms with Crippen LogP contribution in [-0.4, -0.2) is 41.8 Å². The van der Waals surface area contributed by atoms with E-state index in [1.807, 2.05) is 6.92 Å². The number of imidazole rings is 1. The third-order valence-electron chi connectivity index (χ3n) is 2.94. The number of aryl methyl sites for hydroxylation is 1. The van der Waals surface area contributed by atoms with Crippen LogP contribution in [0.15, 0.2) is 31.1 Å². The normalized spacial score (nSPS) is 12.7. The van der Waals surface area contributed by atoms with Gasteiger partial charge in [-0.2, -0.15) is 0 Å². The topological polar surface area (TPSA) is 110 Å². The molecule has 2 N–H and O–H groups in total. The number of aromatic nitrogens is 4. The van der Waals surface area contributed by atoms with Crippen molar-refractivity contribution >= 4 is 18.8 Å². The molecule has 0 aliphatic carbocycles. The van der Waals surface area contributed by atoms with Crippen LogP contribution in [0.25, 0.3) is 11.2 Å². The van der Waals surface area contributed by atoms with Gasteiger partial charge in [0.25, 0.3) is 0 Å². The summed E-state index contributed by atoms with van der Waals surface area (Å²) in [5, 5.41) is 0. The van der Waals surface area contributed by atoms with Gasteiger partial charge in [-0.3, -0.25) is 9.55 Å². The molecule has 10 heteroatoms. The predicted octanol–water partition coefficient (Wildman–Crippen LogP) is 1.20. The molecule has 0 aromatic carbocycles. The fourth-order valence-electron chi connectivity index (χ4n) is 1.90. The number of hydrogen-bond donors (Lipinski definition) is 2. The Morgan fingerprint density at radius 3 is 2.87 bits per heavy atom. The first kappa shape index (κ1) is 20.3. The van der Waals surface area contributed by atoms with Crippen molar-refractivity contribution in [3.63, 3.8) is 0 Å². The summed E-state index contributed by atoms with van der Waals surface area (Å²) in [4.78, 5) is 29.9. The van der Waals surface area contributed by atoms with Gasteiger partial charge in [0, 0.05) is 56.7 Å². The number of ether oxygens (including phenoxy) is 1. The molecule has 1 atom stereocenters. The molecular weight excluding hydrogens is 396 g/mol. The molecule has 0 saturated heterocycles. The largest absolute Gasteiger partial charge is 0.369 e. The van der Waals surface area contributed by atoms with E-state index >= 15 is 0 Å². The van der Waals surface area contributed by atoms with E-state index in [2.05, 4.69) is 34.4 Å². The summed E-state index contributed by atoms with van der Waals surface area (Å²) in [6.07, 6.45) is 4.20. The van der Waals surface area contributed by atoms with Crippen molar-refractivity contribution in [2.45, 2.75) is 19.6 Å². The summed E-state index contributed by atoms with van der Waals surface area (Å²) in [7, 11) is -4.24. The molecule has 0 aliphatic rings. The Bertz CT molecular complexity index is 758. The van der Waals surface area contributed by atoms with E-state index in [0.29, 0.717) is 29.0 Å². The van der Waals surface area contributed by atoms with Gasteiger partial charge in [0.05, 0.1) is 12.4 Å². The van der Waals surface area contributed by atoms with Crippen molar-refractivity contribution < 1.29 is 51.8 Å². The molecule has 1 radical (unpaired) electrons. The Labute approximate surface area is 158 Å². The van der Waals surface area contributed by atoms with E-state index in [0.717, 1.165) is 0 Å². The zero-order chi connectivity index (χ0) is 16.3. The zero-order valence-corrected chi connectivity index (χ0v) is 16.3. The summed E-state index contributed by atoms with van der Waals surface area (Å²) in [6, 6.07) is 0. The van der Waals surface area contributed by atoms with E-state index < -0.39 is 20.0 Å². The molecule has 2 rings (SSSR count). The molecule has 121 valence electrons. The Hall–Kier alpha value is -0.756. The van der Waals surface area contributed by atoms with Gasteiger partial charge >= 0.3 is 7.60 Å². The van der Waals surface area contributed by atoms with Crippen molar-refractivity contribution in [2.24, 2.45) is 0 Å². The Balaban J connectivity index is 0.00000264. The third-order valence-corrected chi connectivity index (χ3v) is 3.42. The standard InChI is InChI=1S/C13H16N4O4P.Y/c1-4-11(21-8-22(18,19)20)9(2)5-17-7-16-12-10(3)14-6-15-13(12)17;/h4,7,11H,1-2,5,8H2,3H3,(H2,18,19,20);/q-1;/t11-;/m0./s1. The minimum atomic E-state index is -4.24. The van der Waals surface area contributed by atoms with Gasteiger partial charge < -0.3 is 29.1 Å². The molecule has 23 heavy (non-hydrogen) atoms. The number of rotatable bonds is 7. The average Bonchev–Trinajstić information content (AvgIpc) is 2.83. The summed E-state index contributed by atoms with van der Waals surface area (Å²) in [5.41, 5.74) is 2.55. The molecule has 0 spiro atoms. The van der Waals surface area contributed by atoms with E-state index in [9.17, 15) is 4.57 Å². The van der Waals surface area contributed by atoms with Crippen LogP contribution in [-0.2, 0) is 48.6 Å². The zero-order valence-electron chi connectivity index (χ0n) is 12.6. The van der Waals surface area contributed by atoms with Crippen LogP contribution in [0.3, 0.4) is 0 Å². The molecule has 0 aliphatic heterocycles. The smallest absolute Gasteiger partial charge is 0.351 e. The summed E-state index contributed by atoms with van der Waals surface area (Å²) >= 11 is 0. The fourth-order valence-corrected chi connectivity index (χ4v) is 2.26. The number of nitrogens with zero attached hydrogens (tertiary/aromatic N) is 4. The molecule has 2 heterocycles. The number of fused-ring (bicyclic) bond motifs is 1. The van der Waals surface area contributed by atoms with Crippen molar-refractivity contribution in [1.82, 2.24) is 19.5 Å². The SMILES string of the molecule is C=C[C@H](OCP(=O)(O)O)C(=C)Cn1cnc2c(C)n[c-]nc21.[Y]. The Kier molecular flexibility index (Phi) is 7.39. The van der Waals surface area contributed by atoms with Crippen LogP contribution in [0.2, 0.25) is 0 Å². The van der Waals surface area contributed by atoms with Crippen LogP contribution in [0.5, 0.6) is 0 Å². The van der Waals surface area contributed by atoms with Crippen LogP contribution in [0.1, 0.15) is 5.69 Å². The van der Waals surface area contributed by atoms with Gasteiger partial charge in [0.2, 0.25) is 0 Å². The average molecular weight is 412 g/mol. The molecule has 0 amide bonds. The van der Waals surface area contributed by atoms with Crippen molar-refractivity contribution in [3.8, 4) is 0 Å². The molecule has 2 aromatic rings. The van der Waals surface area contributed by atoms with Gasteiger partial charge in [-0.1, -0.05) is 19.6 Å². The first-order chi connectivity index (χ1) is 10.3.